The molecule has 1 atom stereocenters. The van der Waals surface area contributed by atoms with Gasteiger partial charge in [-0.15, -0.1) is 0 Å². The Kier molecular flexibility index (Phi) is 5.32. The molecule has 106 valence electrons. The first-order valence-electron chi connectivity index (χ1n) is 7.06. The van der Waals surface area contributed by atoms with Crippen molar-refractivity contribution in [2.75, 3.05) is 19.6 Å². The van der Waals surface area contributed by atoms with Crippen LogP contribution in [0.25, 0.3) is 0 Å². The monoisotopic (exact) mass is 265 g/mol. The maximum Gasteiger partial charge on any atom is 0.220 e. The highest BCUT2D eigenvalue weighted by Gasteiger charge is 2.14. The number of aromatic nitrogens is 3. The zero-order valence-electron chi connectivity index (χ0n) is 11.6. The Hall–Kier alpha value is -1.43. The van der Waals surface area contributed by atoms with Crippen LogP contribution in [-0.4, -0.2) is 40.3 Å². The number of amides is 1. The Bertz CT molecular complexity index is 397. The minimum Gasteiger partial charge on any atom is -0.356 e. The summed E-state index contributed by atoms with van der Waals surface area (Å²) < 4.78 is 1.67. The third-order valence-electron chi connectivity index (χ3n) is 3.50. The smallest absolute Gasteiger partial charge is 0.220 e. The summed E-state index contributed by atoms with van der Waals surface area (Å²) in [6.45, 7) is 2.80. The number of aryl methyl sites for hydroxylation is 1. The van der Waals surface area contributed by atoms with Crippen LogP contribution in [0.3, 0.4) is 0 Å². The molecular formula is C13H23N5O. The van der Waals surface area contributed by atoms with Gasteiger partial charge >= 0.3 is 0 Å². The molecule has 1 aromatic rings. The van der Waals surface area contributed by atoms with Crippen molar-refractivity contribution in [3.05, 3.63) is 12.2 Å². The first-order chi connectivity index (χ1) is 9.24. The van der Waals surface area contributed by atoms with Crippen LogP contribution in [0.15, 0.2) is 6.33 Å². The summed E-state index contributed by atoms with van der Waals surface area (Å²) in [7, 11) is 1.84. The third-order valence-corrected chi connectivity index (χ3v) is 3.50. The van der Waals surface area contributed by atoms with Crippen LogP contribution in [0.5, 0.6) is 0 Å². The average Bonchev–Trinajstić information content (AvgIpc) is 2.83. The van der Waals surface area contributed by atoms with Gasteiger partial charge in [0.1, 0.15) is 6.33 Å². The molecule has 19 heavy (non-hydrogen) atoms. The largest absolute Gasteiger partial charge is 0.356 e. The van der Waals surface area contributed by atoms with E-state index >= 15 is 0 Å². The van der Waals surface area contributed by atoms with Crippen molar-refractivity contribution in [2.45, 2.75) is 32.1 Å². The SMILES string of the molecule is Cn1cnc(CCNC(=O)CCC2CCCNC2)n1. The summed E-state index contributed by atoms with van der Waals surface area (Å²) in [6, 6.07) is 0. The molecule has 0 radical (unpaired) electrons. The van der Waals surface area contributed by atoms with Crippen LogP contribution < -0.4 is 10.6 Å². The molecule has 1 unspecified atom stereocenters. The number of hydrogen-bond donors (Lipinski definition) is 2. The Morgan fingerprint density at radius 3 is 3.21 bits per heavy atom. The highest BCUT2D eigenvalue weighted by Crippen LogP contribution is 2.15. The standard InChI is InChI=1S/C13H23N5O/c1-18-10-16-12(17-18)6-8-15-13(19)5-4-11-3-2-7-14-9-11/h10-11,14H,2-9H2,1H3,(H,15,19). The van der Waals surface area contributed by atoms with E-state index in [2.05, 4.69) is 20.7 Å². The van der Waals surface area contributed by atoms with E-state index in [1.54, 1.807) is 11.0 Å². The van der Waals surface area contributed by atoms with E-state index in [9.17, 15) is 4.79 Å². The van der Waals surface area contributed by atoms with E-state index in [0.717, 1.165) is 25.3 Å². The highest BCUT2D eigenvalue weighted by atomic mass is 16.1. The summed E-state index contributed by atoms with van der Waals surface area (Å²) >= 11 is 0. The van der Waals surface area contributed by atoms with Gasteiger partial charge in [0, 0.05) is 26.4 Å². The van der Waals surface area contributed by atoms with Gasteiger partial charge in [-0.3, -0.25) is 9.48 Å². The maximum atomic E-state index is 11.7. The zero-order valence-corrected chi connectivity index (χ0v) is 11.6. The van der Waals surface area contributed by atoms with Gasteiger partial charge in [-0.1, -0.05) is 0 Å². The molecule has 1 aromatic heterocycles. The molecule has 1 fully saturated rings. The second kappa shape index (κ2) is 7.23. The van der Waals surface area contributed by atoms with Gasteiger partial charge in [0.05, 0.1) is 0 Å². The van der Waals surface area contributed by atoms with E-state index in [-0.39, 0.29) is 5.91 Å². The quantitative estimate of drug-likeness (QED) is 0.773. The fourth-order valence-electron chi connectivity index (χ4n) is 2.41. The molecule has 0 saturated carbocycles. The van der Waals surface area contributed by atoms with Gasteiger partial charge in [0.15, 0.2) is 5.82 Å². The number of hydrogen-bond acceptors (Lipinski definition) is 4. The van der Waals surface area contributed by atoms with Crippen molar-refractivity contribution in [2.24, 2.45) is 13.0 Å². The van der Waals surface area contributed by atoms with E-state index < -0.39 is 0 Å². The molecule has 1 saturated heterocycles. The van der Waals surface area contributed by atoms with Crippen molar-refractivity contribution in [3.63, 3.8) is 0 Å². The first kappa shape index (κ1) is 14.0. The number of rotatable bonds is 6. The number of nitrogens with zero attached hydrogens (tertiary/aromatic N) is 3. The fraction of sp³-hybridized carbons (Fsp3) is 0.769. The average molecular weight is 265 g/mol. The van der Waals surface area contributed by atoms with Crippen LogP contribution in [-0.2, 0) is 18.3 Å². The molecule has 2 rings (SSSR count). The lowest BCUT2D eigenvalue weighted by Crippen LogP contribution is -2.31. The third kappa shape index (κ3) is 4.98. The number of carbonyl (C=O) groups excluding carboxylic acids is 1. The van der Waals surface area contributed by atoms with Gasteiger partial charge in [-0.05, 0) is 38.3 Å². The fourth-order valence-corrected chi connectivity index (χ4v) is 2.41. The Morgan fingerprint density at radius 1 is 1.63 bits per heavy atom. The van der Waals surface area contributed by atoms with Crippen LogP contribution in [0.2, 0.25) is 0 Å². The molecule has 1 amide bonds. The topological polar surface area (TPSA) is 71.8 Å². The van der Waals surface area contributed by atoms with Crippen molar-refractivity contribution in [3.8, 4) is 0 Å². The summed E-state index contributed by atoms with van der Waals surface area (Å²) in [4.78, 5) is 15.8. The van der Waals surface area contributed by atoms with Crippen LogP contribution in [0.4, 0.5) is 0 Å². The van der Waals surface area contributed by atoms with E-state index in [1.807, 2.05) is 7.05 Å². The lowest BCUT2D eigenvalue weighted by Gasteiger charge is -2.22. The van der Waals surface area contributed by atoms with Crippen molar-refractivity contribution in [1.82, 2.24) is 25.4 Å². The highest BCUT2D eigenvalue weighted by molar-refractivity contribution is 5.75. The molecule has 2 heterocycles. The predicted molar refractivity (Wildman–Crippen MR) is 72.5 cm³/mol. The molecule has 0 spiro atoms. The first-order valence-corrected chi connectivity index (χ1v) is 7.06. The van der Waals surface area contributed by atoms with E-state index in [0.29, 0.717) is 25.3 Å². The number of piperidine rings is 1. The molecule has 0 aliphatic carbocycles. The van der Waals surface area contributed by atoms with Crippen molar-refractivity contribution in [1.29, 1.82) is 0 Å². The molecule has 6 heteroatoms. The Labute approximate surface area is 114 Å². The maximum absolute atomic E-state index is 11.7. The summed E-state index contributed by atoms with van der Waals surface area (Å²) in [5.74, 6) is 1.58. The van der Waals surface area contributed by atoms with Crippen LogP contribution >= 0.6 is 0 Å². The van der Waals surface area contributed by atoms with E-state index in [1.165, 1.54) is 12.8 Å². The lowest BCUT2D eigenvalue weighted by molar-refractivity contribution is -0.121. The molecule has 0 aromatic carbocycles. The van der Waals surface area contributed by atoms with Gasteiger partial charge in [-0.2, -0.15) is 5.10 Å². The van der Waals surface area contributed by atoms with E-state index in [4.69, 9.17) is 0 Å². The van der Waals surface area contributed by atoms with Crippen molar-refractivity contribution < 1.29 is 4.79 Å². The van der Waals surface area contributed by atoms with Gasteiger partial charge in [0.25, 0.3) is 0 Å². The van der Waals surface area contributed by atoms with Gasteiger partial charge < -0.3 is 10.6 Å². The molecule has 1 aliphatic rings. The van der Waals surface area contributed by atoms with Gasteiger partial charge in [-0.25, -0.2) is 4.98 Å². The summed E-state index contributed by atoms with van der Waals surface area (Å²) in [5, 5.41) is 10.5. The summed E-state index contributed by atoms with van der Waals surface area (Å²) in [6.07, 6.45) is 6.46. The minimum absolute atomic E-state index is 0.140. The number of nitrogens with one attached hydrogen (secondary N) is 2. The molecular weight excluding hydrogens is 242 g/mol. The van der Waals surface area contributed by atoms with Crippen LogP contribution in [0, 0.1) is 5.92 Å². The normalized spacial score (nSPS) is 19.3. The zero-order chi connectivity index (χ0) is 13.5. The second-order valence-electron chi connectivity index (χ2n) is 5.19. The molecule has 2 N–H and O–H groups in total. The molecule has 6 nitrogen and oxygen atoms in total. The number of carbonyl (C=O) groups is 1. The second-order valence-corrected chi connectivity index (χ2v) is 5.19. The van der Waals surface area contributed by atoms with Crippen LogP contribution in [0.1, 0.15) is 31.5 Å². The van der Waals surface area contributed by atoms with Gasteiger partial charge in [0.2, 0.25) is 5.91 Å². The lowest BCUT2D eigenvalue weighted by atomic mass is 9.94. The molecule has 0 bridgehead atoms. The molecule has 1 aliphatic heterocycles. The Balaban J connectivity index is 1.56. The minimum atomic E-state index is 0.140. The predicted octanol–water partition coefficient (Wildman–Crippen LogP) is 0.254. The Morgan fingerprint density at radius 2 is 2.53 bits per heavy atom. The summed E-state index contributed by atoms with van der Waals surface area (Å²) in [5.41, 5.74) is 0. The van der Waals surface area contributed by atoms with Crippen molar-refractivity contribution >= 4 is 5.91 Å².